The molecule has 3 aliphatic rings. The van der Waals surface area contributed by atoms with E-state index in [1.807, 2.05) is 0 Å². The maximum absolute atomic E-state index is 11.5. The van der Waals surface area contributed by atoms with E-state index in [4.69, 9.17) is 0 Å². The minimum absolute atomic E-state index is 0.379. The van der Waals surface area contributed by atoms with Crippen LogP contribution in [0.4, 0.5) is 0 Å². The van der Waals surface area contributed by atoms with Crippen LogP contribution in [-0.4, -0.2) is 54.3 Å². The molecule has 2 aliphatic carbocycles. The molecule has 0 bridgehead atoms. The van der Waals surface area contributed by atoms with Gasteiger partial charge in [-0.25, -0.2) is 0 Å². The Morgan fingerprint density at radius 1 is 1.13 bits per heavy atom. The van der Waals surface area contributed by atoms with E-state index in [2.05, 4.69) is 23.8 Å². The van der Waals surface area contributed by atoms with Crippen LogP contribution in [0, 0.1) is 11.3 Å². The van der Waals surface area contributed by atoms with Gasteiger partial charge in [0.25, 0.3) is 0 Å². The molecule has 1 saturated heterocycles. The molecule has 0 N–H and O–H groups in total. The molecule has 1 heterocycles. The van der Waals surface area contributed by atoms with E-state index < -0.39 is 0 Å². The third-order valence-electron chi connectivity index (χ3n) is 7.17. The zero-order valence-electron chi connectivity index (χ0n) is 15.5. The Hall–Kier alpha value is -0.410. The first kappa shape index (κ1) is 17.4. The van der Waals surface area contributed by atoms with E-state index in [9.17, 15) is 4.79 Å². The lowest BCUT2D eigenvalue weighted by Crippen LogP contribution is -2.55. The van der Waals surface area contributed by atoms with Crippen molar-refractivity contribution < 1.29 is 4.79 Å². The Kier molecular flexibility index (Phi) is 5.47. The molecule has 0 radical (unpaired) electrons. The summed E-state index contributed by atoms with van der Waals surface area (Å²) in [5, 5.41) is 0. The van der Waals surface area contributed by atoms with E-state index in [-0.39, 0.29) is 0 Å². The number of hydrogen-bond donors (Lipinski definition) is 0. The highest BCUT2D eigenvalue weighted by Gasteiger charge is 2.48. The van der Waals surface area contributed by atoms with Gasteiger partial charge in [0.2, 0.25) is 0 Å². The Morgan fingerprint density at radius 3 is 2.26 bits per heavy atom. The number of carbonyl (C=O) groups is 1. The fourth-order valence-corrected chi connectivity index (χ4v) is 5.47. The molecular weight excluding hydrogens is 284 g/mol. The number of hydrogen-bond acceptors (Lipinski definition) is 3. The van der Waals surface area contributed by atoms with Crippen LogP contribution >= 0.6 is 0 Å². The van der Waals surface area contributed by atoms with Crippen LogP contribution in [0.2, 0.25) is 0 Å². The smallest absolute Gasteiger partial charge is 0.132 e. The number of ketones is 1. The van der Waals surface area contributed by atoms with E-state index >= 15 is 0 Å². The highest BCUT2D eigenvalue weighted by molar-refractivity contribution is 5.78. The van der Waals surface area contributed by atoms with Crippen LogP contribution < -0.4 is 0 Å². The quantitative estimate of drug-likeness (QED) is 0.771. The Balaban J connectivity index is 1.40. The molecular formula is C20H36N2O. The van der Waals surface area contributed by atoms with Gasteiger partial charge in [-0.3, -0.25) is 4.79 Å². The fourth-order valence-electron chi connectivity index (χ4n) is 5.47. The molecule has 0 aromatic heterocycles. The van der Waals surface area contributed by atoms with Gasteiger partial charge in [-0.15, -0.1) is 0 Å². The summed E-state index contributed by atoms with van der Waals surface area (Å²) >= 11 is 0. The number of piperidine rings is 1. The van der Waals surface area contributed by atoms with Gasteiger partial charge in [0.05, 0.1) is 0 Å². The van der Waals surface area contributed by atoms with E-state index in [1.54, 1.807) is 6.92 Å². The summed E-state index contributed by atoms with van der Waals surface area (Å²) in [6.07, 6.45) is 11.7. The normalized spacial score (nSPS) is 36.3. The van der Waals surface area contributed by atoms with Crippen LogP contribution in [0.15, 0.2) is 0 Å². The van der Waals surface area contributed by atoms with Crippen molar-refractivity contribution in [2.75, 3.05) is 26.7 Å². The molecule has 0 aromatic rings. The third kappa shape index (κ3) is 3.82. The van der Waals surface area contributed by atoms with Crippen molar-refractivity contribution in [2.24, 2.45) is 11.3 Å². The number of rotatable bonds is 5. The molecule has 132 valence electrons. The lowest BCUT2D eigenvalue weighted by atomic mass is 9.56. The Morgan fingerprint density at radius 2 is 1.74 bits per heavy atom. The van der Waals surface area contributed by atoms with Gasteiger partial charge in [-0.2, -0.15) is 0 Å². The summed E-state index contributed by atoms with van der Waals surface area (Å²) < 4.78 is 0. The van der Waals surface area contributed by atoms with Crippen LogP contribution in [0.3, 0.4) is 0 Å². The van der Waals surface area contributed by atoms with Crippen molar-refractivity contribution in [3.05, 3.63) is 0 Å². The fraction of sp³-hybridized carbons (Fsp3) is 0.950. The molecule has 1 spiro atoms. The van der Waals surface area contributed by atoms with Gasteiger partial charge in [0.1, 0.15) is 5.78 Å². The minimum Gasteiger partial charge on any atom is -0.303 e. The molecule has 23 heavy (non-hydrogen) atoms. The zero-order chi connectivity index (χ0) is 16.4. The molecule has 1 aliphatic heterocycles. The predicted octanol–water partition coefficient (Wildman–Crippen LogP) is 3.72. The van der Waals surface area contributed by atoms with Crippen molar-refractivity contribution >= 4 is 5.78 Å². The molecule has 0 atom stereocenters. The average molecular weight is 321 g/mol. The summed E-state index contributed by atoms with van der Waals surface area (Å²) in [5.74, 6) is 0.804. The van der Waals surface area contributed by atoms with Gasteiger partial charge in [-0.05, 0) is 96.8 Å². The molecule has 3 rings (SSSR count). The third-order valence-corrected chi connectivity index (χ3v) is 7.17. The van der Waals surface area contributed by atoms with E-state index in [0.29, 0.717) is 17.1 Å². The average Bonchev–Trinajstić information content (AvgIpc) is 2.53. The van der Waals surface area contributed by atoms with Crippen LogP contribution in [0.5, 0.6) is 0 Å². The maximum Gasteiger partial charge on any atom is 0.132 e. The SMILES string of the molecule is CCCN(C)C1CCN(C2CC3(CCC(C(C)=O)CC3)C2)CC1. The van der Waals surface area contributed by atoms with E-state index in [1.165, 1.54) is 64.6 Å². The number of carbonyl (C=O) groups excluding carboxylic acids is 1. The maximum atomic E-state index is 11.5. The molecule has 0 unspecified atom stereocenters. The lowest BCUT2D eigenvalue weighted by Gasteiger charge is -2.56. The second-order valence-electron chi connectivity index (χ2n) is 8.69. The monoisotopic (exact) mass is 320 g/mol. The van der Waals surface area contributed by atoms with Gasteiger partial charge < -0.3 is 9.80 Å². The van der Waals surface area contributed by atoms with Gasteiger partial charge in [-0.1, -0.05) is 6.92 Å². The summed E-state index contributed by atoms with van der Waals surface area (Å²) in [6, 6.07) is 1.66. The standard InChI is InChI=1S/C20H36N2O/c1-4-11-21(3)18-7-12-22(13-8-18)19-14-20(15-19)9-5-17(6-10-20)16(2)23/h17-19H,4-15H2,1-3H3. The first-order valence-electron chi connectivity index (χ1n) is 9.98. The first-order chi connectivity index (χ1) is 11.0. The molecule has 3 fully saturated rings. The largest absolute Gasteiger partial charge is 0.303 e. The number of Topliss-reactive ketones (excluding diaryl/α,β-unsaturated/α-hetero) is 1. The summed E-state index contributed by atoms with van der Waals surface area (Å²) in [7, 11) is 2.30. The van der Waals surface area contributed by atoms with Crippen molar-refractivity contribution in [1.29, 1.82) is 0 Å². The first-order valence-corrected chi connectivity index (χ1v) is 9.98. The molecule has 3 heteroatoms. The van der Waals surface area contributed by atoms with Crippen LogP contribution in [0.1, 0.15) is 71.6 Å². The van der Waals surface area contributed by atoms with Crippen molar-refractivity contribution in [3.8, 4) is 0 Å². The summed E-state index contributed by atoms with van der Waals surface area (Å²) in [5.41, 5.74) is 0.618. The van der Waals surface area contributed by atoms with Crippen molar-refractivity contribution in [1.82, 2.24) is 9.80 Å². The Bertz CT molecular complexity index is 398. The topological polar surface area (TPSA) is 23.6 Å². The zero-order valence-corrected chi connectivity index (χ0v) is 15.5. The van der Waals surface area contributed by atoms with Crippen LogP contribution in [0.25, 0.3) is 0 Å². The minimum atomic E-state index is 0.379. The second-order valence-corrected chi connectivity index (χ2v) is 8.69. The number of likely N-dealkylation sites (tertiary alicyclic amines) is 1. The number of nitrogens with zero attached hydrogens (tertiary/aromatic N) is 2. The van der Waals surface area contributed by atoms with Crippen LogP contribution in [-0.2, 0) is 4.79 Å². The molecule has 0 amide bonds. The summed E-state index contributed by atoms with van der Waals surface area (Å²) in [6.45, 7) is 7.91. The second kappa shape index (κ2) is 7.23. The van der Waals surface area contributed by atoms with Gasteiger partial charge >= 0.3 is 0 Å². The predicted molar refractivity (Wildman–Crippen MR) is 95.6 cm³/mol. The highest BCUT2D eigenvalue weighted by Crippen LogP contribution is 2.54. The highest BCUT2D eigenvalue weighted by atomic mass is 16.1. The van der Waals surface area contributed by atoms with Gasteiger partial charge in [0.15, 0.2) is 0 Å². The Labute approximate surface area is 142 Å². The molecule has 2 saturated carbocycles. The van der Waals surface area contributed by atoms with E-state index in [0.717, 1.165) is 24.9 Å². The van der Waals surface area contributed by atoms with Gasteiger partial charge in [0, 0.05) is 18.0 Å². The molecule has 0 aromatic carbocycles. The summed E-state index contributed by atoms with van der Waals surface area (Å²) in [4.78, 5) is 16.9. The molecule has 3 nitrogen and oxygen atoms in total. The van der Waals surface area contributed by atoms with Crippen molar-refractivity contribution in [2.45, 2.75) is 83.7 Å². The van der Waals surface area contributed by atoms with Crippen molar-refractivity contribution in [3.63, 3.8) is 0 Å². The lowest BCUT2D eigenvalue weighted by molar-refractivity contribution is -0.124.